The molecule has 0 radical (unpaired) electrons. The predicted octanol–water partition coefficient (Wildman–Crippen LogP) is -0.445. The zero-order valence-electron chi connectivity index (χ0n) is 12.6. The molecular formula is C14H19N5O4. The average molecular weight is 321 g/mol. The lowest BCUT2D eigenvalue weighted by Crippen LogP contribution is -2.47. The van der Waals surface area contributed by atoms with Gasteiger partial charge < -0.3 is 16.0 Å². The number of hydrogen-bond acceptors (Lipinski definition) is 6. The second-order valence-electron chi connectivity index (χ2n) is 5.11. The minimum Gasteiger partial charge on any atom is -0.347 e. The first-order valence-electron chi connectivity index (χ1n) is 7.33. The van der Waals surface area contributed by atoms with Gasteiger partial charge in [-0.3, -0.25) is 24.6 Å². The van der Waals surface area contributed by atoms with Crippen LogP contribution in [0.5, 0.6) is 0 Å². The highest BCUT2D eigenvalue weighted by molar-refractivity contribution is 6.39. The zero-order chi connectivity index (χ0) is 16.7. The Bertz CT molecular complexity index is 586. The molecule has 0 atom stereocenters. The van der Waals surface area contributed by atoms with Crippen molar-refractivity contribution in [2.75, 3.05) is 44.6 Å². The molecular weight excluding hydrogens is 302 g/mol. The Morgan fingerprint density at radius 1 is 1.26 bits per heavy atom. The topological polar surface area (TPSA) is 117 Å². The largest absolute Gasteiger partial charge is 0.347 e. The number of carbonyl (C=O) groups is 2. The number of benzene rings is 1. The predicted molar refractivity (Wildman–Crippen MR) is 84.0 cm³/mol. The lowest BCUT2D eigenvalue weighted by molar-refractivity contribution is -0.384. The van der Waals surface area contributed by atoms with E-state index in [0.717, 1.165) is 26.2 Å². The Morgan fingerprint density at radius 3 is 2.70 bits per heavy atom. The number of nitro benzene ring substituents is 1. The summed E-state index contributed by atoms with van der Waals surface area (Å²) in [7, 11) is 0. The van der Waals surface area contributed by atoms with Crippen LogP contribution < -0.4 is 16.0 Å². The number of non-ortho nitro benzene ring substituents is 1. The molecule has 1 aliphatic rings. The van der Waals surface area contributed by atoms with Gasteiger partial charge in [0.1, 0.15) is 0 Å². The number of piperazine rings is 1. The van der Waals surface area contributed by atoms with Crippen molar-refractivity contribution in [3.8, 4) is 0 Å². The Morgan fingerprint density at radius 2 is 2.00 bits per heavy atom. The third-order valence-corrected chi connectivity index (χ3v) is 3.44. The van der Waals surface area contributed by atoms with Gasteiger partial charge >= 0.3 is 11.8 Å². The molecule has 0 aliphatic carbocycles. The zero-order valence-corrected chi connectivity index (χ0v) is 12.6. The molecule has 2 rings (SSSR count). The molecule has 0 saturated carbocycles. The summed E-state index contributed by atoms with van der Waals surface area (Å²) in [6.45, 7) is 4.71. The van der Waals surface area contributed by atoms with Gasteiger partial charge in [-0.1, -0.05) is 6.07 Å². The fraction of sp³-hybridized carbons (Fsp3) is 0.429. The molecule has 3 N–H and O–H groups in total. The normalized spacial score (nSPS) is 15.0. The number of nitrogens with one attached hydrogen (secondary N) is 3. The molecule has 0 spiro atoms. The molecule has 9 heteroatoms. The Balaban J connectivity index is 1.77. The number of nitro groups is 1. The fourth-order valence-corrected chi connectivity index (χ4v) is 2.23. The van der Waals surface area contributed by atoms with Crippen LogP contribution in [-0.4, -0.2) is 60.9 Å². The van der Waals surface area contributed by atoms with Crippen molar-refractivity contribution in [1.82, 2.24) is 15.5 Å². The number of hydrogen-bond donors (Lipinski definition) is 3. The second-order valence-corrected chi connectivity index (χ2v) is 5.11. The van der Waals surface area contributed by atoms with Crippen LogP contribution in [-0.2, 0) is 9.59 Å². The number of amides is 2. The SMILES string of the molecule is O=C(NCCN1CCNCC1)C(=O)Nc1cccc([N+](=O)[O-])c1. The van der Waals surface area contributed by atoms with E-state index in [2.05, 4.69) is 20.9 Å². The van der Waals surface area contributed by atoms with Crippen molar-refractivity contribution in [1.29, 1.82) is 0 Å². The van der Waals surface area contributed by atoms with E-state index in [1.54, 1.807) is 0 Å². The van der Waals surface area contributed by atoms with Crippen LogP contribution >= 0.6 is 0 Å². The van der Waals surface area contributed by atoms with Gasteiger partial charge in [-0.2, -0.15) is 0 Å². The van der Waals surface area contributed by atoms with E-state index in [1.807, 2.05) is 0 Å². The maximum Gasteiger partial charge on any atom is 0.313 e. The van der Waals surface area contributed by atoms with Crippen molar-refractivity contribution in [2.24, 2.45) is 0 Å². The molecule has 23 heavy (non-hydrogen) atoms. The van der Waals surface area contributed by atoms with Gasteiger partial charge in [0, 0.05) is 57.1 Å². The van der Waals surface area contributed by atoms with Crippen molar-refractivity contribution in [3.05, 3.63) is 34.4 Å². The molecule has 0 bridgehead atoms. The monoisotopic (exact) mass is 321 g/mol. The molecule has 1 fully saturated rings. The summed E-state index contributed by atoms with van der Waals surface area (Å²) in [6.07, 6.45) is 0. The maximum absolute atomic E-state index is 11.8. The lowest BCUT2D eigenvalue weighted by Gasteiger charge is -2.26. The molecule has 0 aromatic heterocycles. The molecule has 1 heterocycles. The van der Waals surface area contributed by atoms with Gasteiger partial charge in [0.2, 0.25) is 0 Å². The van der Waals surface area contributed by atoms with Crippen LogP contribution in [0.25, 0.3) is 0 Å². The fourth-order valence-electron chi connectivity index (χ4n) is 2.23. The average Bonchev–Trinajstić information content (AvgIpc) is 2.56. The van der Waals surface area contributed by atoms with E-state index in [-0.39, 0.29) is 11.4 Å². The molecule has 1 aliphatic heterocycles. The Kier molecular flexibility index (Phi) is 6.01. The molecule has 1 aromatic rings. The standard InChI is InChI=1S/C14H19N5O4/c20-13(16-6-9-18-7-4-15-5-8-18)14(21)17-11-2-1-3-12(10-11)19(22)23/h1-3,10,15H,4-9H2,(H,16,20)(H,17,21). The Labute approximate surface area is 133 Å². The number of anilines is 1. The van der Waals surface area contributed by atoms with Crippen LogP contribution in [0.2, 0.25) is 0 Å². The molecule has 1 aromatic carbocycles. The van der Waals surface area contributed by atoms with Crippen LogP contribution in [0.4, 0.5) is 11.4 Å². The third-order valence-electron chi connectivity index (χ3n) is 3.44. The molecule has 0 unspecified atom stereocenters. The molecule has 2 amide bonds. The van der Waals surface area contributed by atoms with Gasteiger partial charge in [-0.15, -0.1) is 0 Å². The summed E-state index contributed by atoms with van der Waals surface area (Å²) in [6, 6.07) is 5.43. The van der Waals surface area contributed by atoms with Crippen molar-refractivity contribution in [3.63, 3.8) is 0 Å². The first-order chi connectivity index (χ1) is 11.1. The van der Waals surface area contributed by atoms with E-state index < -0.39 is 16.7 Å². The minimum atomic E-state index is -0.842. The highest BCUT2D eigenvalue weighted by Crippen LogP contribution is 2.16. The van der Waals surface area contributed by atoms with Crippen LogP contribution in [0.3, 0.4) is 0 Å². The van der Waals surface area contributed by atoms with Gasteiger partial charge in [0.05, 0.1) is 4.92 Å². The lowest BCUT2D eigenvalue weighted by atomic mass is 10.3. The summed E-state index contributed by atoms with van der Waals surface area (Å²) in [5.74, 6) is -1.60. The Hall–Kier alpha value is -2.52. The van der Waals surface area contributed by atoms with Gasteiger partial charge in [0.15, 0.2) is 0 Å². The van der Waals surface area contributed by atoms with Gasteiger partial charge in [-0.05, 0) is 6.07 Å². The first-order valence-corrected chi connectivity index (χ1v) is 7.33. The molecule has 1 saturated heterocycles. The summed E-state index contributed by atoms with van der Waals surface area (Å²) in [4.78, 5) is 35.8. The minimum absolute atomic E-state index is 0.151. The smallest absolute Gasteiger partial charge is 0.313 e. The highest BCUT2D eigenvalue weighted by Gasteiger charge is 2.16. The van der Waals surface area contributed by atoms with Crippen LogP contribution in [0.1, 0.15) is 0 Å². The summed E-state index contributed by atoms with van der Waals surface area (Å²) < 4.78 is 0. The van der Waals surface area contributed by atoms with E-state index >= 15 is 0 Å². The number of nitrogens with zero attached hydrogens (tertiary/aromatic N) is 2. The van der Waals surface area contributed by atoms with Gasteiger partial charge in [0.25, 0.3) is 5.69 Å². The van der Waals surface area contributed by atoms with E-state index in [1.165, 1.54) is 24.3 Å². The summed E-state index contributed by atoms with van der Waals surface area (Å²) >= 11 is 0. The highest BCUT2D eigenvalue weighted by atomic mass is 16.6. The number of carbonyl (C=O) groups excluding carboxylic acids is 2. The number of rotatable bonds is 5. The van der Waals surface area contributed by atoms with Crippen molar-refractivity contribution >= 4 is 23.2 Å². The van der Waals surface area contributed by atoms with E-state index in [0.29, 0.717) is 13.1 Å². The summed E-state index contributed by atoms with van der Waals surface area (Å²) in [5, 5.41) is 18.8. The van der Waals surface area contributed by atoms with Gasteiger partial charge in [-0.25, -0.2) is 0 Å². The summed E-state index contributed by atoms with van der Waals surface area (Å²) in [5.41, 5.74) is 0.0587. The molecule has 124 valence electrons. The van der Waals surface area contributed by atoms with Crippen molar-refractivity contribution in [2.45, 2.75) is 0 Å². The van der Waals surface area contributed by atoms with Crippen molar-refractivity contribution < 1.29 is 14.5 Å². The second kappa shape index (κ2) is 8.20. The maximum atomic E-state index is 11.8. The van der Waals surface area contributed by atoms with Crippen LogP contribution in [0, 0.1) is 10.1 Å². The van der Waals surface area contributed by atoms with E-state index in [9.17, 15) is 19.7 Å². The van der Waals surface area contributed by atoms with Crippen LogP contribution in [0.15, 0.2) is 24.3 Å². The quantitative estimate of drug-likeness (QED) is 0.384. The van der Waals surface area contributed by atoms with E-state index in [4.69, 9.17) is 0 Å². The third kappa shape index (κ3) is 5.31. The first kappa shape index (κ1) is 16.8. The molecule has 9 nitrogen and oxygen atoms in total.